The number of hydrogen-bond acceptors (Lipinski definition) is 1. The Morgan fingerprint density at radius 2 is 1.10 bits per heavy atom. The number of nitrogens with zero attached hydrogens (tertiary/aromatic N) is 3. The molecule has 48 heavy (non-hydrogen) atoms. The summed E-state index contributed by atoms with van der Waals surface area (Å²) in [7, 11) is 0. The van der Waals surface area contributed by atoms with Crippen molar-refractivity contribution in [3.05, 3.63) is 162 Å². The molecular formula is C45H41N3. The topological polar surface area (TPSA) is 22.8 Å². The van der Waals surface area contributed by atoms with E-state index < -0.39 is 0 Å². The van der Waals surface area contributed by atoms with E-state index in [2.05, 4.69) is 189 Å². The molecule has 0 spiro atoms. The predicted octanol–water partition coefficient (Wildman–Crippen LogP) is 11.6. The van der Waals surface area contributed by atoms with Crippen LogP contribution >= 0.6 is 0 Å². The van der Waals surface area contributed by atoms with Crippen molar-refractivity contribution >= 4 is 32.8 Å². The van der Waals surface area contributed by atoms with Crippen LogP contribution in [-0.4, -0.2) is 14.1 Å². The molecule has 0 atom stereocenters. The summed E-state index contributed by atoms with van der Waals surface area (Å²) in [6.45, 7) is 11.9. The molecule has 0 aliphatic heterocycles. The number of hydrogen-bond donors (Lipinski definition) is 0. The van der Waals surface area contributed by atoms with Gasteiger partial charge < -0.3 is 4.57 Å². The van der Waals surface area contributed by atoms with Crippen molar-refractivity contribution < 1.29 is 0 Å². The standard InChI is InChI=1S/C45H41N3/c1-44(2,3)41-32(28-29-38-40(41)35-24-15-16-26-37(35)47(38)33-20-11-7-12-21-33)30-45(4,5)36-25-17-27-39-42(36)46-43(31-18-9-6-10-19-31)48(39)34-22-13-8-14-23-34/h6-29H,30H2,1-5H3. The van der Waals surface area contributed by atoms with Gasteiger partial charge in [-0.1, -0.05) is 138 Å². The van der Waals surface area contributed by atoms with E-state index in [0.717, 1.165) is 34.5 Å². The number of rotatable bonds is 6. The Hall–Kier alpha value is -5.41. The van der Waals surface area contributed by atoms with Gasteiger partial charge in [0, 0.05) is 27.7 Å². The Morgan fingerprint density at radius 3 is 1.77 bits per heavy atom. The molecule has 0 fully saturated rings. The first-order chi connectivity index (χ1) is 23.2. The number of benzene rings is 6. The molecule has 3 nitrogen and oxygen atoms in total. The maximum absolute atomic E-state index is 5.43. The highest BCUT2D eigenvalue weighted by Gasteiger charge is 2.31. The normalized spacial score (nSPS) is 12.4. The smallest absolute Gasteiger partial charge is 0.145 e. The Balaban J connectivity index is 1.33. The fourth-order valence-electron chi connectivity index (χ4n) is 7.80. The van der Waals surface area contributed by atoms with E-state index >= 15 is 0 Å². The third-order valence-electron chi connectivity index (χ3n) is 9.78. The first kappa shape index (κ1) is 30.0. The third-order valence-corrected chi connectivity index (χ3v) is 9.78. The molecule has 0 aliphatic carbocycles. The molecule has 0 unspecified atom stereocenters. The number of fused-ring (bicyclic) bond motifs is 4. The van der Waals surface area contributed by atoms with Gasteiger partial charge in [0.05, 0.1) is 22.1 Å². The first-order valence-electron chi connectivity index (χ1n) is 17.0. The largest absolute Gasteiger partial charge is 0.309 e. The molecule has 3 heteroatoms. The lowest BCUT2D eigenvalue weighted by Crippen LogP contribution is -2.24. The van der Waals surface area contributed by atoms with Crippen molar-refractivity contribution in [2.24, 2.45) is 0 Å². The van der Waals surface area contributed by atoms with Gasteiger partial charge in [0.25, 0.3) is 0 Å². The van der Waals surface area contributed by atoms with Gasteiger partial charge in [0.15, 0.2) is 0 Å². The van der Waals surface area contributed by atoms with Crippen LogP contribution in [0.4, 0.5) is 0 Å². The molecule has 0 bridgehead atoms. The van der Waals surface area contributed by atoms with Crippen molar-refractivity contribution in [2.45, 2.75) is 51.9 Å². The lowest BCUT2D eigenvalue weighted by molar-refractivity contribution is 0.511. The minimum absolute atomic E-state index is 0.0715. The molecule has 0 N–H and O–H groups in total. The van der Waals surface area contributed by atoms with Crippen LogP contribution < -0.4 is 0 Å². The average molecular weight is 624 g/mol. The molecule has 0 saturated heterocycles. The van der Waals surface area contributed by atoms with Crippen LogP contribution in [-0.2, 0) is 17.3 Å². The van der Waals surface area contributed by atoms with E-state index in [1.165, 1.54) is 44.2 Å². The Labute approximate surface area is 283 Å². The van der Waals surface area contributed by atoms with E-state index in [9.17, 15) is 0 Å². The van der Waals surface area contributed by atoms with E-state index in [-0.39, 0.29) is 10.8 Å². The number of imidazole rings is 1. The summed E-state index contributed by atoms with van der Waals surface area (Å²) in [6.07, 6.45) is 0.887. The van der Waals surface area contributed by atoms with Gasteiger partial charge in [-0.3, -0.25) is 4.57 Å². The van der Waals surface area contributed by atoms with Crippen molar-refractivity contribution in [2.75, 3.05) is 0 Å². The molecule has 2 aromatic heterocycles. The number of aromatic nitrogens is 3. The van der Waals surface area contributed by atoms with Crippen molar-refractivity contribution in [1.82, 2.24) is 14.1 Å². The van der Waals surface area contributed by atoms with Crippen LogP contribution in [0.5, 0.6) is 0 Å². The summed E-state index contributed by atoms with van der Waals surface area (Å²) in [6, 6.07) is 52.2. The van der Waals surface area contributed by atoms with Crippen molar-refractivity contribution in [1.29, 1.82) is 0 Å². The predicted molar refractivity (Wildman–Crippen MR) is 203 cm³/mol. The molecule has 236 valence electrons. The second kappa shape index (κ2) is 11.4. The zero-order chi connectivity index (χ0) is 33.0. The lowest BCUT2D eigenvalue weighted by Gasteiger charge is -2.31. The minimum atomic E-state index is -0.200. The van der Waals surface area contributed by atoms with Gasteiger partial charge in [0.1, 0.15) is 5.82 Å². The van der Waals surface area contributed by atoms with Gasteiger partial charge in [-0.2, -0.15) is 0 Å². The first-order valence-corrected chi connectivity index (χ1v) is 17.0. The third kappa shape index (κ3) is 4.93. The maximum atomic E-state index is 5.43. The molecule has 0 amide bonds. The number of para-hydroxylation sites is 4. The van der Waals surface area contributed by atoms with E-state index in [4.69, 9.17) is 4.98 Å². The van der Waals surface area contributed by atoms with Gasteiger partial charge in [0.2, 0.25) is 0 Å². The Bertz CT molecular complexity index is 2400. The summed E-state index contributed by atoms with van der Waals surface area (Å²) >= 11 is 0. The van der Waals surface area contributed by atoms with Crippen LogP contribution in [0.2, 0.25) is 0 Å². The molecule has 0 radical (unpaired) electrons. The maximum Gasteiger partial charge on any atom is 0.145 e. The van der Waals surface area contributed by atoms with E-state index in [0.29, 0.717) is 0 Å². The van der Waals surface area contributed by atoms with Gasteiger partial charge in [-0.15, -0.1) is 0 Å². The van der Waals surface area contributed by atoms with Crippen molar-refractivity contribution in [3.63, 3.8) is 0 Å². The van der Waals surface area contributed by atoms with Gasteiger partial charge in [-0.25, -0.2) is 4.98 Å². The van der Waals surface area contributed by atoms with E-state index in [1.54, 1.807) is 0 Å². The zero-order valence-electron chi connectivity index (χ0n) is 28.4. The summed E-state index contributed by atoms with van der Waals surface area (Å²) in [5.74, 6) is 0.963. The van der Waals surface area contributed by atoms with Crippen LogP contribution in [0.15, 0.2) is 146 Å². The monoisotopic (exact) mass is 623 g/mol. The van der Waals surface area contributed by atoms with Gasteiger partial charge in [-0.05, 0) is 76.4 Å². The molecular weight excluding hydrogens is 583 g/mol. The molecule has 0 aliphatic rings. The van der Waals surface area contributed by atoms with Gasteiger partial charge >= 0.3 is 0 Å². The summed E-state index contributed by atoms with van der Waals surface area (Å²) < 4.78 is 4.74. The Morgan fingerprint density at radius 1 is 0.521 bits per heavy atom. The summed E-state index contributed by atoms with van der Waals surface area (Å²) in [4.78, 5) is 5.43. The molecule has 8 rings (SSSR count). The SMILES string of the molecule is CC(C)(C)c1c(CC(C)(C)c2cccc3c2nc(-c2ccccc2)n3-c2ccccc2)ccc2c1c1ccccc1n2-c1ccccc1. The van der Waals surface area contributed by atoms with E-state index in [1.807, 2.05) is 0 Å². The molecule has 6 aromatic carbocycles. The second-order valence-electron chi connectivity index (χ2n) is 14.6. The van der Waals surface area contributed by atoms with Crippen LogP contribution in [0.25, 0.3) is 55.6 Å². The zero-order valence-corrected chi connectivity index (χ0v) is 28.4. The highest BCUT2D eigenvalue weighted by Crippen LogP contribution is 2.43. The minimum Gasteiger partial charge on any atom is -0.309 e. The summed E-state index contributed by atoms with van der Waals surface area (Å²) in [5.41, 5.74) is 11.9. The lowest BCUT2D eigenvalue weighted by atomic mass is 9.73. The van der Waals surface area contributed by atoms with Crippen LogP contribution in [0.1, 0.15) is 51.3 Å². The fourth-order valence-corrected chi connectivity index (χ4v) is 7.80. The second-order valence-corrected chi connectivity index (χ2v) is 14.6. The quantitative estimate of drug-likeness (QED) is 0.181. The highest BCUT2D eigenvalue weighted by atomic mass is 15.1. The van der Waals surface area contributed by atoms with Crippen LogP contribution in [0.3, 0.4) is 0 Å². The fraction of sp³-hybridized carbons (Fsp3) is 0.178. The Kier molecular flexibility index (Phi) is 7.10. The van der Waals surface area contributed by atoms with Crippen molar-refractivity contribution in [3.8, 4) is 22.8 Å². The molecule has 2 heterocycles. The molecule has 8 aromatic rings. The van der Waals surface area contributed by atoms with Crippen LogP contribution in [0, 0.1) is 0 Å². The average Bonchev–Trinajstić information content (AvgIpc) is 3.65. The summed E-state index contributed by atoms with van der Waals surface area (Å²) in [5, 5.41) is 2.66. The molecule has 0 saturated carbocycles. The highest BCUT2D eigenvalue weighted by molar-refractivity contribution is 6.11.